The minimum absolute atomic E-state index is 0.0588. The first-order valence-corrected chi connectivity index (χ1v) is 6.81. The Balaban J connectivity index is 1.75. The SMILES string of the molecule is C[C@@H]1CC[C@H](C(=O)NCCc2ccc(C(=O)O)cc2)O1. The van der Waals surface area contributed by atoms with Gasteiger partial charge in [0.1, 0.15) is 6.10 Å². The fraction of sp³-hybridized carbons (Fsp3) is 0.467. The van der Waals surface area contributed by atoms with Crippen molar-refractivity contribution in [3.05, 3.63) is 35.4 Å². The van der Waals surface area contributed by atoms with Gasteiger partial charge < -0.3 is 15.2 Å². The summed E-state index contributed by atoms with van der Waals surface area (Å²) < 4.78 is 5.49. The molecule has 1 aliphatic rings. The van der Waals surface area contributed by atoms with Gasteiger partial charge in [0.2, 0.25) is 5.91 Å². The normalized spacial score (nSPS) is 21.6. The van der Waals surface area contributed by atoms with Crippen LogP contribution in [-0.4, -0.2) is 35.7 Å². The lowest BCUT2D eigenvalue weighted by atomic mass is 10.1. The number of rotatable bonds is 5. The summed E-state index contributed by atoms with van der Waals surface area (Å²) in [6.45, 7) is 2.50. The zero-order valence-electron chi connectivity index (χ0n) is 11.5. The van der Waals surface area contributed by atoms with Gasteiger partial charge >= 0.3 is 5.97 Å². The number of ether oxygens (including phenoxy) is 1. The zero-order valence-corrected chi connectivity index (χ0v) is 11.5. The molecule has 0 aliphatic carbocycles. The fourth-order valence-electron chi connectivity index (χ4n) is 2.25. The molecule has 0 spiro atoms. The summed E-state index contributed by atoms with van der Waals surface area (Å²) >= 11 is 0. The van der Waals surface area contributed by atoms with Gasteiger partial charge in [-0.15, -0.1) is 0 Å². The lowest BCUT2D eigenvalue weighted by Gasteiger charge is -2.11. The smallest absolute Gasteiger partial charge is 0.335 e. The molecule has 1 aromatic rings. The van der Waals surface area contributed by atoms with Gasteiger partial charge in [-0.25, -0.2) is 4.79 Å². The van der Waals surface area contributed by atoms with Crippen LogP contribution in [0.25, 0.3) is 0 Å². The number of nitrogens with one attached hydrogen (secondary N) is 1. The van der Waals surface area contributed by atoms with Crippen LogP contribution in [0.2, 0.25) is 0 Å². The molecule has 1 aliphatic heterocycles. The monoisotopic (exact) mass is 277 g/mol. The second kappa shape index (κ2) is 6.52. The minimum atomic E-state index is -0.933. The van der Waals surface area contributed by atoms with Gasteiger partial charge in [0.05, 0.1) is 11.7 Å². The summed E-state index contributed by atoms with van der Waals surface area (Å²) in [4.78, 5) is 22.5. The fourth-order valence-corrected chi connectivity index (χ4v) is 2.25. The number of carbonyl (C=O) groups is 2. The minimum Gasteiger partial charge on any atom is -0.478 e. The Morgan fingerprint density at radius 1 is 1.30 bits per heavy atom. The van der Waals surface area contributed by atoms with Gasteiger partial charge in [0.25, 0.3) is 0 Å². The number of hydrogen-bond donors (Lipinski definition) is 2. The van der Waals surface area contributed by atoms with Gasteiger partial charge in [0.15, 0.2) is 0 Å². The van der Waals surface area contributed by atoms with Gasteiger partial charge in [-0.2, -0.15) is 0 Å². The largest absolute Gasteiger partial charge is 0.478 e. The molecule has 2 atom stereocenters. The number of carboxylic acid groups (broad SMARTS) is 1. The highest BCUT2D eigenvalue weighted by atomic mass is 16.5. The number of carboxylic acids is 1. The first kappa shape index (κ1) is 14.5. The molecule has 5 nitrogen and oxygen atoms in total. The molecule has 108 valence electrons. The van der Waals surface area contributed by atoms with E-state index in [0.717, 1.165) is 18.4 Å². The predicted octanol–water partition coefficient (Wildman–Crippen LogP) is 1.61. The standard InChI is InChI=1S/C15H19NO4/c1-10-2-7-13(20-10)14(17)16-9-8-11-3-5-12(6-4-11)15(18)19/h3-6,10,13H,2,7-9H2,1H3,(H,16,17)(H,18,19)/t10-,13-/m1/s1. The van der Waals surface area contributed by atoms with Crippen molar-refractivity contribution in [1.82, 2.24) is 5.32 Å². The highest BCUT2D eigenvalue weighted by Crippen LogP contribution is 2.18. The summed E-state index contributed by atoms with van der Waals surface area (Å²) in [6.07, 6.45) is 2.22. The molecular formula is C15H19NO4. The number of benzene rings is 1. The summed E-state index contributed by atoms with van der Waals surface area (Å²) in [5.74, 6) is -0.992. The van der Waals surface area contributed by atoms with E-state index in [4.69, 9.17) is 9.84 Å². The number of hydrogen-bond acceptors (Lipinski definition) is 3. The van der Waals surface area contributed by atoms with E-state index in [1.54, 1.807) is 24.3 Å². The van der Waals surface area contributed by atoms with Gasteiger partial charge in [0, 0.05) is 6.54 Å². The molecule has 5 heteroatoms. The molecule has 0 radical (unpaired) electrons. The van der Waals surface area contributed by atoms with E-state index in [2.05, 4.69) is 5.32 Å². The van der Waals surface area contributed by atoms with Crippen molar-refractivity contribution in [3.63, 3.8) is 0 Å². The third kappa shape index (κ3) is 3.81. The molecule has 0 bridgehead atoms. The molecule has 2 rings (SSSR count). The van der Waals surface area contributed by atoms with Crippen LogP contribution >= 0.6 is 0 Å². The lowest BCUT2D eigenvalue weighted by molar-refractivity contribution is -0.131. The molecule has 0 saturated carbocycles. The Morgan fingerprint density at radius 2 is 2.00 bits per heavy atom. The molecule has 0 unspecified atom stereocenters. The van der Waals surface area contributed by atoms with E-state index in [-0.39, 0.29) is 23.7 Å². The van der Waals surface area contributed by atoms with E-state index >= 15 is 0 Å². The Bertz CT molecular complexity index is 483. The third-order valence-corrected chi connectivity index (χ3v) is 3.44. The number of carbonyl (C=O) groups excluding carboxylic acids is 1. The van der Waals surface area contributed by atoms with Crippen LogP contribution in [0, 0.1) is 0 Å². The van der Waals surface area contributed by atoms with Crippen LogP contribution in [0.15, 0.2) is 24.3 Å². The third-order valence-electron chi connectivity index (χ3n) is 3.44. The molecule has 0 aromatic heterocycles. The molecule has 1 amide bonds. The highest BCUT2D eigenvalue weighted by Gasteiger charge is 2.27. The van der Waals surface area contributed by atoms with Gasteiger partial charge in [-0.05, 0) is 43.9 Å². The van der Waals surface area contributed by atoms with Crippen molar-refractivity contribution in [2.75, 3.05) is 6.54 Å². The van der Waals surface area contributed by atoms with Gasteiger partial charge in [-0.3, -0.25) is 4.79 Å². The second-order valence-electron chi connectivity index (χ2n) is 5.06. The molecule has 1 heterocycles. The van der Waals surface area contributed by atoms with Crippen molar-refractivity contribution in [3.8, 4) is 0 Å². The molecule has 2 N–H and O–H groups in total. The molecule has 1 fully saturated rings. The Hall–Kier alpha value is -1.88. The molecule has 1 saturated heterocycles. The Labute approximate surface area is 117 Å². The quantitative estimate of drug-likeness (QED) is 0.857. The summed E-state index contributed by atoms with van der Waals surface area (Å²) in [5.41, 5.74) is 1.27. The van der Waals surface area contributed by atoms with Crippen LogP contribution in [0.5, 0.6) is 0 Å². The van der Waals surface area contributed by atoms with Crippen molar-refractivity contribution in [1.29, 1.82) is 0 Å². The van der Waals surface area contributed by atoms with Crippen LogP contribution in [0.3, 0.4) is 0 Å². The summed E-state index contributed by atoms with van der Waals surface area (Å²) in [7, 11) is 0. The second-order valence-corrected chi connectivity index (χ2v) is 5.06. The van der Waals surface area contributed by atoms with Crippen LogP contribution < -0.4 is 5.32 Å². The topological polar surface area (TPSA) is 75.6 Å². The molecular weight excluding hydrogens is 258 g/mol. The van der Waals surface area contributed by atoms with Crippen LogP contribution in [0.1, 0.15) is 35.7 Å². The maximum absolute atomic E-state index is 11.8. The number of amides is 1. The lowest BCUT2D eigenvalue weighted by Crippen LogP contribution is -2.35. The maximum atomic E-state index is 11.8. The number of aromatic carboxylic acids is 1. The van der Waals surface area contributed by atoms with E-state index in [1.165, 1.54) is 0 Å². The van der Waals surface area contributed by atoms with Crippen molar-refractivity contribution >= 4 is 11.9 Å². The Kier molecular flexibility index (Phi) is 4.74. The molecule has 1 aromatic carbocycles. The maximum Gasteiger partial charge on any atom is 0.335 e. The first-order valence-electron chi connectivity index (χ1n) is 6.81. The van der Waals surface area contributed by atoms with Gasteiger partial charge in [-0.1, -0.05) is 12.1 Å². The summed E-state index contributed by atoms with van der Waals surface area (Å²) in [5, 5.41) is 11.6. The first-order chi connectivity index (χ1) is 9.56. The Morgan fingerprint density at radius 3 is 2.55 bits per heavy atom. The predicted molar refractivity (Wildman–Crippen MR) is 73.7 cm³/mol. The van der Waals surface area contributed by atoms with Crippen molar-refractivity contribution in [2.45, 2.75) is 38.4 Å². The van der Waals surface area contributed by atoms with E-state index in [9.17, 15) is 9.59 Å². The van der Waals surface area contributed by atoms with E-state index in [0.29, 0.717) is 13.0 Å². The van der Waals surface area contributed by atoms with E-state index < -0.39 is 5.97 Å². The van der Waals surface area contributed by atoms with Crippen LogP contribution in [0.4, 0.5) is 0 Å². The van der Waals surface area contributed by atoms with E-state index in [1.807, 2.05) is 6.92 Å². The average Bonchev–Trinajstić information content (AvgIpc) is 2.86. The average molecular weight is 277 g/mol. The zero-order chi connectivity index (χ0) is 14.5. The molecule has 20 heavy (non-hydrogen) atoms. The highest BCUT2D eigenvalue weighted by molar-refractivity contribution is 5.87. The van der Waals surface area contributed by atoms with Crippen molar-refractivity contribution < 1.29 is 19.4 Å². The van der Waals surface area contributed by atoms with Crippen LogP contribution in [-0.2, 0) is 16.0 Å². The van der Waals surface area contributed by atoms with Crippen molar-refractivity contribution in [2.24, 2.45) is 0 Å². The summed E-state index contributed by atoms with van der Waals surface area (Å²) in [6, 6.07) is 6.68.